The van der Waals surface area contributed by atoms with Crippen LogP contribution in [0.15, 0.2) is 102 Å². The fraction of sp³-hybridized carbons (Fsp3) is 0.0833. The Kier molecular flexibility index (Phi) is 5.23. The van der Waals surface area contributed by atoms with Crippen LogP contribution in [-0.2, 0) is 16.6 Å². The lowest BCUT2D eigenvalue weighted by Gasteiger charge is -2.25. The third-order valence-corrected chi connectivity index (χ3v) is 6.61. The van der Waals surface area contributed by atoms with Crippen molar-refractivity contribution in [2.75, 3.05) is 11.4 Å². The number of ether oxygens (including phenoxy) is 1. The number of nitrogens with zero attached hydrogens (tertiary/aromatic N) is 1. The predicted molar refractivity (Wildman–Crippen MR) is 117 cm³/mol. The number of hydrogen-bond acceptors (Lipinski definition) is 3. The molecule has 0 radical (unpaired) electrons. The Morgan fingerprint density at radius 2 is 1.41 bits per heavy atom. The number of fused-ring (bicyclic) bond motifs is 1. The van der Waals surface area contributed by atoms with Crippen LogP contribution in [-0.4, -0.2) is 15.5 Å². The summed E-state index contributed by atoms with van der Waals surface area (Å²) in [6.07, 6.45) is 0. The molecule has 4 aromatic carbocycles. The Morgan fingerprint density at radius 1 is 0.759 bits per heavy atom. The lowest BCUT2D eigenvalue weighted by atomic mass is 10.1. The van der Waals surface area contributed by atoms with Crippen molar-refractivity contribution >= 4 is 26.5 Å². The van der Waals surface area contributed by atoms with Crippen LogP contribution >= 0.6 is 0 Å². The molecule has 0 N–H and O–H groups in total. The highest BCUT2D eigenvalue weighted by molar-refractivity contribution is 7.92. The molecule has 0 aliphatic carbocycles. The first-order valence-corrected chi connectivity index (χ1v) is 10.7. The van der Waals surface area contributed by atoms with Gasteiger partial charge in [-0.05, 0) is 52.7 Å². The van der Waals surface area contributed by atoms with Gasteiger partial charge in [-0.2, -0.15) is 0 Å². The molecule has 0 heterocycles. The molecule has 0 bridgehead atoms. The van der Waals surface area contributed by atoms with Crippen LogP contribution in [0.3, 0.4) is 0 Å². The molecule has 0 aliphatic rings. The zero-order chi connectivity index (χ0) is 20.3. The topological polar surface area (TPSA) is 46.6 Å². The first-order chi connectivity index (χ1) is 14.1. The van der Waals surface area contributed by atoms with Gasteiger partial charge in [-0.1, -0.05) is 60.7 Å². The van der Waals surface area contributed by atoms with Crippen molar-refractivity contribution in [2.45, 2.75) is 11.4 Å². The minimum Gasteiger partial charge on any atom is -0.497 e. The number of methoxy groups -OCH3 is 1. The summed E-state index contributed by atoms with van der Waals surface area (Å²) in [5.41, 5.74) is 1.50. The maximum atomic E-state index is 13.6. The first kappa shape index (κ1) is 19.0. The van der Waals surface area contributed by atoms with Gasteiger partial charge in [0.25, 0.3) is 10.0 Å². The standard InChI is InChI=1S/C24H21NO3S/c1-28-23-14-12-22(13-15-23)25(18-19-7-3-2-4-8-19)29(26,27)24-16-11-20-9-5-6-10-21(20)17-24/h2-17H,18H2,1H3. The third kappa shape index (κ3) is 3.96. The van der Waals surface area contributed by atoms with Crippen molar-refractivity contribution < 1.29 is 13.2 Å². The van der Waals surface area contributed by atoms with Crippen LogP contribution in [0.5, 0.6) is 5.75 Å². The van der Waals surface area contributed by atoms with Gasteiger partial charge in [0, 0.05) is 0 Å². The molecule has 0 spiro atoms. The van der Waals surface area contributed by atoms with Crippen molar-refractivity contribution in [1.82, 2.24) is 0 Å². The molecule has 4 rings (SSSR count). The summed E-state index contributed by atoms with van der Waals surface area (Å²) >= 11 is 0. The summed E-state index contributed by atoms with van der Waals surface area (Å²) in [6.45, 7) is 0.238. The molecule has 0 saturated heterocycles. The summed E-state index contributed by atoms with van der Waals surface area (Å²) in [6, 6.07) is 29.6. The van der Waals surface area contributed by atoms with E-state index in [0.717, 1.165) is 16.3 Å². The van der Waals surface area contributed by atoms with Crippen molar-refractivity contribution in [2.24, 2.45) is 0 Å². The molecule has 4 nitrogen and oxygen atoms in total. The molecule has 0 saturated carbocycles. The van der Waals surface area contributed by atoms with Crippen LogP contribution in [0.4, 0.5) is 5.69 Å². The highest BCUT2D eigenvalue weighted by atomic mass is 32.2. The smallest absolute Gasteiger partial charge is 0.264 e. The highest BCUT2D eigenvalue weighted by Gasteiger charge is 2.25. The van der Waals surface area contributed by atoms with Gasteiger partial charge in [0.2, 0.25) is 0 Å². The maximum Gasteiger partial charge on any atom is 0.264 e. The fourth-order valence-electron chi connectivity index (χ4n) is 3.27. The van der Waals surface area contributed by atoms with Gasteiger partial charge in [-0.3, -0.25) is 4.31 Å². The van der Waals surface area contributed by atoms with Crippen LogP contribution in [0, 0.1) is 0 Å². The van der Waals surface area contributed by atoms with Crippen LogP contribution < -0.4 is 9.04 Å². The molecule has 0 unspecified atom stereocenters. The van der Waals surface area contributed by atoms with E-state index in [0.29, 0.717) is 11.4 Å². The Balaban J connectivity index is 1.80. The van der Waals surface area contributed by atoms with E-state index < -0.39 is 10.0 Å². The Hall–Kier alpha value is -3.31. The van der Waals surface area contributed by atoms with E-state index in [1.54, 1.807) is 43.5 Å². The number of rotatable bonds is 6. The van der Waals surface area contributed by atoms with Crippen molar-refractivity contribution in [3.63, 3.8) is 0 Å². The van der Waals surface area contributed by atoms with Crippen LogP contribution in [0.2, 0.25) is 0 Å². The zero-order valence-corrected chi connectivity index (χ0v) is 16.8. The number of sulfonamides is 1. The van der Waals surface area contributed by atoms with Crippen LogP contribution in [0.25, 0.3) is 10.8 Å². The van der Waals surface area contributed by atoms with Gasteiger partial charge >= 0.3 is 0 Å². The lowest BCUT2D eigenvalue weighted by molar-refractivity contribution is 0.415. The molecular formula is C24H21NO3S. The second-order valence-electron chi connectivity index (χ2n) is 6.70. The van der Waals surface area contributed by atoms with Crippen molar-refractivity contribution in [3.8, 4) is 5.75 Å². The quantitative estimate of drug-likeness (QED) is 0.442. The second kappa shape index (κ2) is 7.97. The normalized spacial score (nSPS) is 11.3. The Bertz CT molecular complexity index is 1220. The minimum atomic E-state index is -3.77. The number of benzene rings is 4. The molecule has 4 aromatic rings. The Morgan fingerprint density at radius 3 is 2.10 bits per heavy atom. The number of hydrogen-bond donors (Lipinski definition) is 0. The first-order valence-electron chi connectivity index (χ1n) is 9.27. The molecule has 0 amide bonds. The molecule has 0 atom stereocenters. The van der Waals surface area contributed by atoms with E-state index >= 15 is 0 Å². The summed E-state index contributed by atoms with van der Waals surface area (Å²) in [5.74, 6) is 0.677. The molecule has 0 aromatic heterocycles. The van der Waals surface area contributed by atoms with Gasteiger partial charge in [-0.25, -0.2) is 8.42 Å². The summed E-state index contributed by atoms with van der Waals surface area (Å²) in [4.78, 5) is 0.267. The van der Waals surface area contributed by atoms with Crippen LogP contribution in [0.1, 0.15) is 5.56 Å². The van der Waals surface area contributed by atoms with Crippen molar-refractivity contribution in [1.29, 1.82) is 0 Å². The molecule has 5 heteroatoms. The van der Waals surface area contributed by atoms with Gasteiger partial charge in [0.05, 0.1) is 24.2 Å². The average molecular weight is 404 g/mol. The van der Waals surface area contributed by atoms with E-state index in [1.165, 1.54) is 4.31 Å². The van der Waals surface area contributed by atoms with Gasteiger partial charge in [0.1, 0.15) is 5.75 Å². The zero-order valence-electron chi connectivity index (χ0n) is 16.0. The molecular weight excluding hydrogens is 382 g/mol. The van der Waals surface area contributed by atoms with Gasteiger partial charge in [0.15, 0.2) is 0 Å². The SMILES string of the molecule is COc1ccc(N(Cc2ccccc2)S(=O)(=O)c2ccc3ccccc3c2)cc1. The third-order valence-electron chi connectivity index (χ3n) is 4.84. The second-order valence-corrected chi connectivity index (χ2v) is 8.57. The lowest BCUT2D eigenvalue weighted by Crippen LogP contribution is -2.30. The molecule has 146 valence electrons. The summed E-state index contributed by atoms with van der Waals surface area (Å²) in [7, 11) is -2.18. The monoisotopic (exact) mass is 403 g/mol. The largest absolute Gasteiger partial charge is 0.497 e. The van der Waals surface area contributed by atoms with E-state index in [4.69, 9.17) is 4.74 Å². The minimum absolute atomic E-state index is 0.238. The highest BCUT2D eigenvalue weighted by Crippen LogP contribution is 2.29. The van der Waals surface area contributed by atoms with E-state index in [-0.39, 0.29) is 11.4 Å². The number of anilines is 1. The molecule has 0 fully saturated rings. The molecule has 0 aliphatic heterocycles. The van der Waals surface area contributed by atoms with Gasteiger partial charge in [-0.15, -0.1) is 0 Å². The van der Waals surface area contributed by atoms with Gasteiger partial charge < -0.3 is 4.74 Å². The van der Waals surface area contributed by atoms with Crippen molar-refractivity contribution in [3.05, 3.63) is 103 Å². The average Bonchev–Trinajstić information content (AvgIpc) is 2.78. The van der Waals surface area contributed by atoms with E-state index in [9.17, 15) is 8.42 Å². The summed E-state index contributed by atoms with van der Waals surface area (Å²) in [5, 5.41) is 1.90. The fourth-order valence-corrected chi connectivity index (χ4v) is 4.76. The molecule has 29 heavy (non-hydrogen) atoms. The Labute approximate surface area is 171 Å². The van der Waals surface area contributed by atoms with E-state index in [1.807, 2.05) is 60.7 Å². The predicted octanol–water partition coefficient (Wildman–Crippen LogP) is 5.24. The van der Waals surface area contributed by atoms with E-state index in [2.05, 4.69) is 0 Å². The summed E-state index contributed by atoms with van der Waals surface area (Å²) < 4.78 is 33.9. The maximum absolute atomic E-state index is 13.6.